The van der Waals surface area contributed by atoms with Gasteiger partial charge in [0.1, 0.15) is 6.61 Å². The molecular formula is C62H83MgN5O5+2. The van der Waals surface area contributed by atoms with Gasteiger partial charge in [-0.05, 0) is 123 Å². The maximum Gasteiger partial charge on any atom is 2.00 e. The van der Waals surface area contributed by atoms with Gasteiger partial charge < -0.3 is 24.8 Å². The van der Waals surface area contributed by atoms with E-state index in [9.17, 15) is 14.4 Å². The number of allylic oxidation sites excluding steroid dienone is 2. The first-order chi connectivity index (χ1) is 34.5. The van der Waals surface area contributed by atoms with Gasteiger partial charge in [-0.2, -0.15) is 0 Å². The van der Waals surface area contributed by atoms with E-state index >= 15 is 0 Å². The number of nitrogens with zero attached hydrogens (tertiary/aromatic N) is 2. The smallest absolute Gasteiger partial charge is 0.469 e. The van der Waals surface area contributed by atoms with Crippen molar-refractivity contribution in [1.82, 2.24) is 25.3 Å². The number of hydrogen-bond acceptors (Lipinski definition) is 7. The maximum atomic E-state index is 14.6. The molecule has 0 saturated carbocycles. The first-order valence-electron chi connectivity index (χ1n) is 26.8. The summed E-state index contributed by atoms with van der Waals surface area (Å²) in [5.41, 5.74) is 14.0. The molecule has 5 heterocycles. The number of aromatic nitrogens is 4. The molecule has 0 fully saturated rings. The van der Waals surface area contributed by atoms with Crippen LogP contribution in [0.1, 0.15) is 194 Å². The summed E-state index contributed by atoms with van der Waals surface area (Å²) in [6.45, 7) is 26.6. The number of hydrogen-bond donors (Lipinski definition) is 3. The van der Waals surface area contributed by atoms with Gasteiger partial charge in [0.2, 0.25) is 0 Å². The van der Waals surface area contributed by atoms with Crippen LogP contribution < -0.4 is 5.32 Å². The van der Waals surface area contributed by atoms with Crippen molar-refractivity contribution in [2.75, 3.05) is 13.7 Å². The van der Waals surface area contributed by atoms with Gasteiger partial charge in [0.05, 0.1) is 36.2 Å². The van der Waals surface area contributed by atoms with E-state index < -0.39 is 5.97 Å². The van der Waals surface area contributed by atoms with Crippen molar-refractivity contribution in [3.63, 3.8) is 0 Å². The topological polar surface area (TPSA) is 139 Å². The molecule has 0 saturated heterocycles. The molecule has 73 heavy (non-hydrogen) atoms. The van der Waals surface area contributed by atoms with Crippen molar-refractivity contribution in [2.24, 2.45) is 17.8 Å². The molecule has 4 unspecified atom stereocenters. The van der Waals surface area contributed by atoms with Gasteiger partial charge in [0, 0.05) is 63.7 Å². The first kappa shape index (κ1) is 58.6. The molecule has 2 aliphatic heterocycles. The van der Waals surface area contributed by atoms with Gasteiger partial charge in [-0.15, -0.1) is 0 Å². The Kier molecular flexibility index (Phi) is 22.4. The van der Waals surface area contributed by atoms with E-state index in [1.807, 2.05) is 55.5 Å². The Morgan fingerprint density at radius 1 is 0.808 bits per heavy atom. The summed E-state index contributed by atoms with van der Waals surface area (Å²) in [6.07, 6.45) is 16.3. The molecule has 4 atom stereocenters. The second-order valence-corrected chi connectivity index (χ2v) is 21.2. The minimum absolute atomic E-state index is 0. The monoisotopic (exact) mass is 1000 g/mol. The number of fused-ring (bicyclic) bond motifs is 8. The van der Waals surface area contributed by atoms with Gasteiger partial charge in [-0.1, -0.05) is 135 Å². The van der Waals surface area contributed by atoms with Crippen LogP contribution in [0.5, 0.6) is 0 Å². The van der Waals surface area contributed by atoms with E-state index in [1.54, 1.807) is 0 Å². The van der Waals surface area contributed by atoms with E-state index in [0.29, 0.717) is 52.7 Å². The zero-order chi connectivity index (χ0) is 52.1. The van der Waals surface area contributed by atoms with Crippen LogP contribution in [0.2, 0.25) is 0 Å². The van der Waals surface area contributed by atoms with Gasteiger partial charge in [-0.25, -0.2) is 4.98 Å². The fourth-order valence-electron chi connectivity index (χ4n) is 10.6. The Labute approximate surface area is 452 Å². The maximum absolute atomic E-state index is 14.6. The fourth-order valence-corrected chi connectivity index (χ4v) is 10.6. The molecule has 386 valence electrons. The number of benzene rings is 1. The number of nitrogens with one attached hydrogen (secondary N) is 3. The van der Waals surface area contributed by atoms with Crippen LogP contribution in [0.3, 0.4) is 0 Å². The number of methoxy groups -OCH3 is 1. The first-order valence-corrected chi connectivity index (χ1v) is 26.8. The average molecular weight is 1000 g/mol. The number of amides is 1. The number of esters is 2. The molecule has 3 aromatic heterocycles. The Hall–Kier alpha value is -5.26. The summed E-state index contributed by atoms with van der Waals surface area (Å²) in [4.78, 5) is 59.8. The minimum Gasteiger partial charge on any atom is -0.469 e. The quantitative estimate of drug-likeness (QED) is 0.0361. The summed E-state index contributed by atoms with van der Waals surface area (Å²) < 4.78 is 11.2. The van der Waals surface area contributed by atoms with Gasteiger partial charge >= 0.3 is 35.0 Å². The molecule has 0 aliphatic carbocycles. The van der Waals surface area contributed by atoms with Crippen LogP contribution >= 0.6 is 0 Å². The summed E-state index contributed by atoms with van der Waals surface area (Å²) in [5, 5.41) is 3.14. The Bertz CT molecular complexity index is 2800. The largest absolute Gasteiger partial charge is 2.00 e. The standard InChI is InChI=1S/C62H83N5O5.Mg/c1-13-47-42(8)51-34-53-44(10)49(29-30-57(68)72-32-31-41(7)26-20-25-40(6)24-19-23-39(5)22-18-21-38(3)4)60(66-53)50(33-58(69)71-12)61-59(62(70)63-37-46-27-16-15-17-28-46)45(11)54(67-61)36-56-48(14-2)43(9)52(65-56)35-55(47)64-51;/h13,15-17,27-28,31,34-36,38-40,44,49,64-65H,1,14,18-26,29-30,32-33,37H2,2-12H3,(H,63,70);/q;+2. The molecular weight excluding hydrogens is 919 g/mol. The zero-order valence-corrected chi connectivity index (χ0v) is 47.5. The van der Waals surface area contributed by atoms with E-state index in [0.717, 1.165) is 86.7 Å². The van der Waals surface area contributed by atoms with Crippen molar-refractivity contribution in [3.05, 3.63) is 123 Å². The molecule has 2 aliphatic rings. The molecule has 0 spiro atoms. The third-order valence-corrected chi connectivity index (χ3v) is 15.3. The van der Waals surface area contributed by atoms with Crippen molar-refractivity contribution in [2.45, 2.75) is 171 Å². The molecule has 6 rings (SSSR count). The number of H-pyrrole nitrogens is 2. The second kappa shape index (κ2) is 27.9. The third kappa shape index (κ3) is 15.4. The van der Waals surface area contributed by atoms with Crippen molar-refractivity contribution in [3.8, 4) is 0 Å². The molecule has 10 nitrogen and oxygen atoms in total. The Morgan fingerprint density at radius 3 is 2.12 bits per heavy atom. The Balaban J connectivity index is 0.00000988. The molecule has 4 aromatic rings. The molecule has 0 radical (unpaired) electrons. The molecule has 1 aromatic carbocycles. The number of carbonyl (C=O) groups is 3. The van der Waals surface area contributed by atoms with Gasteiger partial charge in [0.25, 0.3) is 5.91 Å². The summed E-state index contributed by atoms with van der Waals surface area (Å²) in [7, 11) is 1.36. The molecule has 3 N–H and O–H groups in total. The van der Waals surface area contributed by atoms with Gasteiger partial charge in [0.15, 0.2) is 0 Å². The van der Waals surface area contributed by atoms with Crippen LogP contribution in [0.15, 0.2) is 66.8 Å². The van der Waals surface area contributed by atoms with Crippen LogP contribution in [0.25, 0.3) is 39.3 Å². The van der Waals surface area contributed by atoms with E-state index in [4.69, 9.17) is 19.4 Å². The molecule has 11 heteroatoms. The fraction of sp³-hybridized carbons (Fsp3) is 0.500. The minimum atomic E-state index is -0.491. The van der Waals surface area contributed by atoms with Crippen molar-refractivity contribution < 1.29 is 23.9 Å². The van der Waals surface area contributed by atoms with Crippen LogP contribution in [0, 0.1) is 31.6 Å². The summed E-state index contributed by atoms with van der Waals surface area (Å²) in [5.74, 6) is 0.700. The SMILES string of the molecule is C=Cc1c(C)c2cc3nc(c(CC(=O)OC)c4nc(cc5[nH]c(cc1[nH]2)c(C)c5CC)C(C)=C4C(=O)NCc1ccccc1)C(CCC(=O)OCC=C(C)CCCC(C)CCCC(C)CCCC(C)C)C3C.[Mg+2]. The number of carbonyl (C=O) groups excluding carboxylic acids is 3. The van der Waals surface area contributed by atoms with Crippen LogP contribution in [-0.4, -0.2) is 74.6 Å². The number of ether oxygens (including phenoxy) is 2. The summed E-state index contributed by atoms with van der Waals surface area (Å²) >= 11 is 0. The Morgan fingerprint density at radius 2 is 1.47 bits per heavy atom. The van der Waals surface area contributed by atoms with Crippen molar-refractivity contribution >= 4 is 80.2 Å². The van der Waals surface area contributed by atoms with E-state index in [-0.39, 0.29) is 66.2 Å². The molecule has 1 amide bonds. The van der Waals surface area contributed by atoms with E-state index in [1.165, 1.54) is 57.6 Å². The van der Waals surface area contributed by atoms with Crippen molar-refractivity contribution in [1.29, 1.82) is 0 Å². The predicted octanol–water partition coefficient (Wildman–Crippen LogP) is 14.3. The normalized spacial score (nSPS) is 15.5. The molecule has 8 bridgehead atoms. The average Bonchev–Trinajstić information content (AvgIpc) is 4.04. The third-order valence-electron chi connectivity index (χ3n) is 15.3. The zero-order valence-electron chi connectivity index (χ0n) is 46.1. The van der Waals surface area contributed by atoms with Crippen LogP contribution in [-0.2, 0) is 43.2 Å². The second-order valence-electron chi connectivity index (χ2n) is 21.2. The predicted molar refractivity (Wildman–Crippen MR) is 302 cm³/mol. The van der Waals surface area contributed by atoms with Crippen LogP contribution in [0.4, 0.5) is 0 Å². The van der Waals surface area contributed by atoms with E-state index in [2.05, 4.69) is 96.3 Å². The number of aromatic amines is 2. The number of aryl methyl sites for hydroxylation is 3. The number of rotatable bonds is 24. The summed E-state index contributed by atoms with van der Waals surface area (Å²) in [6, 6.07) is 16.0. The van der Waals surface area contributed by atoms with Gasteiger partial charge in [-0.3, -0.25) is 19.4 Å².